The Morgan fingerprint density at radius 1 is 1.47 bits per heavy atom. The number of hydrogen-bond acceptors (Lipinski definition) is 1. The van der Waals surface area contributed by atoms with E-state index < -0.39 is 0 Å². The number of aryl methyl sites for hydroxylation is 1. The van der Waals surface area contributed by atoms with E-state index in [1.807, 2.05) is 0 Å². The third-order valence-electron chi connectivity index (χ3n) is 2.94. The van der Waals surface area contributed by atoms with Crippen LogP contribution in [0.15, 0.2) is 24.3 Å². The van der Waals surface area contributed by atoms with E-state index in [4.69, 9.17) is 6.42 Å². The summed E-state index contributed by atoms with van der Waals surface area (Å²) in [6, 6.07) is 8.56. The summed E-state index contributed by atoms with van der Waals surface area (Å²) in [5.74, 6) is 2.77. The normalized spacial score (nSPS) is 22.7. The van der Waals surface area contributed by atoms with Crippen LogP contribution in [0.1, 0.15) is 24.0 Å². The van der Waals surface area contributed by atoms with E-state index in [1.165, 1.54) is 11.1 Å². The summed E-state index contributed by atoms with van der Waals surface area (Å²) in [6.45, 7) is 0. The molecular formula is C12H13ClIN. The van der Waals surface area contributed by atoms with Crippen molar-refractivity contribution in [2.24, 2.45) is 0 Å². The summed E-state index contributed by atoms with van der Waals surface area (Å²) < 4.78 is 3.36. The van der Waals surface area contributed by atoms with Gasteiger partial charge in [0, 0.05) is 29.3 Å². The van der Waals surface area contributed by atoms with E-state index in [9.17, 15) is 0 Å². The van der Waals surface area contributed by atoms with E-state index in [0.717, 1.165) is 19.3 Å². The van der Waals surface area contributed by atoms with Crippen molar-refractivity contribution in [1.29, 1.82) is 0 Å². The second-order valence-corrected chi connectivity index (χ2v) is 4.25. The van der Waals surface area contributed by atoms with Crippen molar-refractivity contribution in [2.75, 3.05) is 0 Å². The summed E-state index contributed by atoms with van der Waals surface area (Å²) in [4.78, 5) is 0. The molecule has 0 saturated heterocycles. The molecule has 0 radical (unpaired) electrons. The summed E-state index contributed by atoms with van der Waals surface area (Å²) in [6.07, 6.45) is 8.45. The van der Waals surface area contributed by atoms with Gasteiger partial charge in [0.15, 0.2) is 0 Å². The molecule has 1 atom stereocenters. The molecule has 0 aliphatic heterocycles. The molecule has 0 fully saturated rings. The Balaban J connectivity index is 0.00000112. The fourth-order valence-electron chi connectivity index (χ4n) is 2.18. The number of rotatable bonds is 2. The van der Waals surface area contributed by atoms with E-state index >= 15 is 0 Å². The Bertz CT molecular complexity index is 385. The standard InChI is InChI=1S/C12H12IN.ClH/c1-2-8-12(14-13)9-7-10-5-3-4-6-11(10)12;/h1,3-6,14H,7-9H2;1H. The fraction of sp³-hybridized carbons (Fsp3) is 0.333. The molecule has 2 rings (SSSR count). The third kappa shape index (κ3) is 2.15. The summed E-state index contributed by atoms with van der Waals surface area (Å²) in [5, 5.41) is 0. The molecule has 1 N–H and O–H groups in total. The lowest BCUT2D eigenvalue weighted by molar-refractivity contribution is 0.431. The second-order valence-electron chi connectivity index (χ2n) is 3.71. The lowest BCUT2D eigenvalue weighted by Crippen LogP contribution is -2.33. The molecule has 15 heavy (non-hydrogen) atoms. The smallest absolute Gasteiger partial charge is 0.0638 e. The lowest BCUT2D eigenvalue weighted by Gasteiger charge is -2.26. The van der Waals surface area contributed by atoms with Gasteiger partial charge in [-0.25, -0.2) is 3.53 Å². The topological polar surface area (TPSA) is 12.0 Å². The Morgan fingerprint density at radius 3 is 2.87 bits per heavy atom. The van der Waals surface area contributed by atoms with Gasteiger partial charge in [-0.2, -0.15) is 0 Å². The van der Waals surface area contributed by atoms with Crippen LogP contribution in [-0.4, -0.2) is 0 Å². The van der Waals surface area contributed by atoms with Crippen LogP contribution in [0.5, 0.6) is 0 Å². The summed E-state index contributed by atoms with van der Waals surface area (Å²) >= 11 is 2.22. The first-order valence-electron chi connectivity index (χ1n) is 4.72. The molecule has 1 unspecified atom stereocenters. The van der Waals surface area contributed by atoms with Gasteiger partial charge in [-0.05, 0) is 24.0 Å². The quantitative estimate of drug-likeness (QED) is 0.498. The first-order valence-corrected chi connectivity index (χ1v) is 5.80. The Labute approximate surface area is 111 Å². The maximum Gasteiger partial charge on any atom is 0.0638 e. The molecule has 80 valence electrons. The minimum atomic E-state index is 0. The number of halogens is 2. The van der Waals surface area contributed by atoms with Crippen molar-refractivity contribution in [1.82, 2.24) is 3.53 Å². The first-order chi connectivity index (χ1) is 6.82. The largest absolute Gasteiger partial charge is 0.250 e. The first kappa shape index (κ1) is 12.8. The van der Waals surface area contributed by atoms with Crippen LogP contribution in [0, 0.1) is 12.3 Å². The molecule has 1 aliphatic carbocycles. The van der Waals surface area contributed by atoms with Crippen molar-refractivity contribution < 1.29 is 0 Å². The Kier molecular flexibility index (Phi) is 4.45. The summed E-state index contributed by atoms with van der Waals surface area (Å²) in [5.41, 5.74) is 2.84. The van der Waals surface area contributed by atoms with E-state index in [-0.39, 0.29) is 17.9 Å². The lowest BCUT2D eigenvalue weighted by atomic mass is 9.90. The average Bonchev–Trinajstić information content (AvgIpc) is 2.59. The SMILES string of the molecule is C#CCC1(NI)CCc2ccccc21.Cl. The molecule has 0 saturated carbocycles. The van der Waals surface area contributed by atoms with Crippen LogP contribution < -0.4 is 3.53 Å². The Morgan fingerprint density at radius 2 is 2.20 bits per heavy atom. The van der Waals surface area contributed by atoms with Gasteiger partial charge in [-0.15, -0.1) is 24.8 Å². The molecule has 3 heteroatoms. The van der Waals surface area contributed by atoms with Gasteiger partial charge in [0.2, 0.25) is 0 Å². The van der Waals surface area contributed by atoms with Crippen LogP contribution in [0.4, 0.5) is 0 Å². The molecule has 1 aliphatic rings. The van der Waals surface area contributed by atoms with Gasteiger partial charge in [0.1, 0.15) is 0 Å². The molecular weight excluding hydrogens is 320 g/mol. The minimum Gasteiger partial charge on any atom is -0.250 e. The zero-order chi connectivity index (χ0) is 10.0. The van der Waals surface area contributed by atoms with Gasteiger partial charge in [0.05, 0.1) is 5.54 Å². The molecule has 1 nitrogen and oxygen atoms in total. The van der Waals surface area contributed by atoms with Crippen molar-refractivity contribution in [2.45, 2.75) is 24.8 Å². The van der Waals surface area contributed by atoms with Crippen molar-refractivity contribution in [3.8, 4) is 12.3 Å². The zero-order valence-corrected chi connectivity index (χ0v) is 11.3. The van der Waals surface area contributed by atoms with Crippen LogP contribution in [0.2, 0.25) is 0 Å². The molecule has 1 aromatic carbocycles. The zero-order valence-electron chi connectivity index (χ0n) is 8.29. The van der Waals surface area contributed by atoms with E-state index in [2.05, 4.69) is 56.6 Å². The number of nitrogens with one attached hydrogen (secondary N) is 1. The van der Waals surface area contributed by atoms with Crippen LogP contribution in [0.3, 0.4) is 0 Å². The number of hydrogen-bond donors (Lipinski definition) is 1. The highest BCUT2D eigenvalue weighted by Crippen LogP contribution is 2.39. The highest BCUT2D eigenvalue weighted by molar-refractivity contribution is 14.1. The van der Waals surface area contributed by atoms with Crippen molar-refractivity contribution in [3.05, 3.63) is 35.4 Å². The van der Waals surface area contributed by atoms with Gasteiger partial charge >= 0.3 is 0 Å². The maximum absolute atomic E-state index is 5.43. The average molecular weight is 334 g/mol. The monoisotopic (exact) mass is 333 g/mol. The highest BCUT2D eigenvalue weighted by Gasteiger charge is 2.36. The van der Waals surface area contributed by atoms with Crippen LogP contribution in [-0.2, 0) is 12.0 Å². The van der Waals surface area contributed by atoms with E-state index in [0.29, 0.717) is 0 Å². The fourth-order valence-corrected chi connectivity index (χ4v) is 2.93. The van der Waals surface area contributed by atoms with Gasteiger partial charge in [-0.1, -0.05) is 24.3 Å². The predicted octanol–water partition coefficient (Wildman–Crippen LogP) is 3.21. The number of terminal acetylenes is 1. The van der Waals surface area contributed by atoms with Crippen LogP contribution >= 0.6 is 35.3 Å². The highest BCUT2D eigenvalue weighted by atomic mass is 127. The maximum atomic E-state index is 5.43. The molecule has 0 amide bonds. The predicted molar refractivity (Wildman–Crippen MR) is 74.3 cm³/mol. The minimum absolute atomic E-state index is 0. The number of benzene rings is 1. The van der Waals surface area contributed by atoms with Gasteiger partial charge < -0.3 is 0 Å². The molecule has 0 bridgehead atoms. The molecule has 0 heterocycles. The number of fused-ring (bicyclic) bond motifs is 1. The van der Waals surface area contributed by atoms with Gasteiger partial charge in [0.25, 0.3) is 0 Å². The molecule has 1 aromatic rings. The third-order valence-corrected chi connectivity index (χ3v) is 3.97. The van der Waals surface area contributed by atoms with Crippen molar-refractivity contribution >= 4 is 35.3 Å². The Hall–Kier alpha value is -0.240. The molecule has 0 aromatic heterocycles. The van der Waals surface area contributed by atoms with Crippen molar-refractivity contribution in [3.63, 3.8) is 0 Å². The van der Waals surface area contributed by atoms with Crippen LogP contribution in [0.25, 0.3) is 0 Å². The van der Waals surface area contributed by atoms with Gasteiger partial charge in [-0.3, -0.25) is 0 Å². The molecule has 0 spiro atoms. The second kappa shape index (κ2) is 5.20. The summed E-state index contributed by atoms with van der Waals surface area (Å²) in [7, 11) is 0. The van der Waals surface area contributed by atoms with E-state index in [1.54, 1.807) is 0 Å².